The maximum Gasteiger partial charge on any atom is 0.221 e. The first-order chi connectivity index (χ1) is 8.00. The maximum atomic E-state index is 13.5. The van der Waals surface area contributed by atoms with E-state index in [9.17, 15) is 9.18 Å². The number of hydrogen-bond donors (Lipinski definition) is 0. The third kappa shape index (κ3) is 2.59. The SMILES string of the molecule is O=C(C1=CC(Cl)C(F)(Cl)C=C1)c1ccccc1. The molecule has 0 bridgehead atoms. The molecule has 0 saturated carbocycles. The van der Waals surface area contributed by atoms with Crippen LogP contribution in [0.2, 0.25) is 0 Å². The van der Waals surface area contributed by atoms with Crippen molar-refractivity contribution in [3.8, 4) is 0 Å². The predicted octanol–water partition coefficient (Wildman–Crippen LogP) is 3.88. The fourth-order valence-corrected chi connectivity index (χ4v) is 1.86. The molecule has 0 spiro atoms. The van der Waals surface area contributed by atoms with Gasteiger partial charge in [-0.3, -0.25) is 4.79 Å². The molecule has 17 heavy (non-hydrogen) atoms. The third-order valence-corrected chi connectivity index (χ3v) is 3.39. The molecule has 88 valence electrons. The van der Waals surface area contributed by atoms with Crippen molar-refractivity contribution >= 4 is 29.0 Å². The monoisotopic (exact) mass is 270 g/mol. The number of ketones is 1. The van der Waals surface area contributed by atoms with E-state index in [-0.39, 0.29) is 5.78 Å². The Labute approximate surface area is 109 Å². The van der Waals surface area contributed by atoms with Crippen molar-refractivity contribution in [1.29, 1.82) is 0 Å². The molecule has 2 rings (SSSR count). The highest BCUT2D eigenvalue weighted by Crippen LogP contribution is 2.34. The zero-order valence-corrected chi connectivity index (χ0v) is 10.3. The van der Waals surface area contributed by atoms with Crippen molar-refractivity contribution in [1.82, 2.24) is 0 Å². The number of carbonyl (C=O) groups is 1. The fraction of sp³-hybridized carbons (Fsp3) is 0.154. The Morgan fingerprint density at radius 3 is 2.53 bits per heavy atom. The van der Waals surface area contributed by atoms with Gasteiger partial charge < -0.3 is 0 Å². The topological polar surface area (TPSA) is 17.1 Å². The third-order valence-electron chi connectivity index (χ3n) is 2.48. The summed E-state index contributed by atoms with van der Waals surface area (Å²) in [6.45, 7) is 0. The molecular formula is C13H9Cl2FO. The average molecular weight is 271 g/mol. The summed E-state index contributed by atoms with van der Waals surface area (Å²) in [6.07, 6.45) is 3.80. The Bertz CT molecular complexity index is 491. The molecule has 0 radical (unpaired) electrons. The Morgan fingerprint density at radius 1 is 1.29 bits per heavy atom. The minimum atomic E-state index is -2.12. The van der Waals surface area contributed by atoms with Crippen LogP contribution >= 0.6 is 23.2 Å². The van der Waals surface area contributed by atoms with Crippen molar-refractivity contribution in [2.24, 2.45) is 0 Å². The first kappa shape index (κ1) is 12.3. The Balaban J connectivity index is 2.27. The zero-order valence-electron chi connectivity index (χ0n) is 8.74. The van der Waals surface area contributed by atoms with Crippen LogP contribution in [0.3, 0.4) is 0 Å². The summed E-state index contributed by atoms with van der Waals surface area (Å²) in [7, 11) is 0. The number of benzene rings is 1. The molecule has 0 aromatic heterocycles. The summed E-state index contributed by atoms with van der Waals surface area (Å²) >= 11 is 11.2. The van der Waals surface area contributed by atoms with E-state index in [2.05, 4.69) is 0 Å². The number of halogens is 3. The van der Waals surface area contributed by atoms with Gasteiger partial charge in [-0.25, -0.2) is 4.39 Å². The molecule has 2 unspecified atom stereocenters. The lowest BCUT2D eigenvalue weighted by Crippen LogP contribution is -2.27. The number of allylic oxidation sites excluding steroid dienone is 4. The first-order valence-corrected chi connectivity index (χ1v) is 5.85. The van der Waals surface area contributed by atoms with Crippen LogP contribution in [0.25, 0.3) is 0 Å². The van der Waals surface area contributed by atoms with Crippen molar-refractivity contribution in [2.75, 3.05) is 0 Å². The molecule has 1 aromatic rings. The average Bonchev–Trinajstić information content (AvgIpc) is 2.33. The van der Waals surface area contributed by atoms with Crippen molar-refractivity contribution in [3.63, 3.8) is 0 Å². The summed E-state index contributed by atoms with van der Waals surface area (Å²) in [5, 5.41) is -3.17. The van der Waals surface area contributed by atoms with E-state index < -0.39 is 10.5 Å². The number of alkyl halides is 3. The van der Waals surface area contributed by atoms with E-state index in [1.54, 1.807) is 24.3 Å². The molecule has 0 saturated heterocycles. The van der Waals surface area contributed by atoms with Gasteiger partial charge in [-0.1, -0.05) is 54.1 Å². The van der Waals surface area contributed by atoms with E-state index in [1.165, 1.54) is 12.2 Å². The largest absolute Gasteiger partial charge is 0.289 e. The van der Waals surface area contributed by atoms with Crippen LogP contribution in [-0.2, 0) is 0 Å². The van der Waals surface area contributed by atoms with Crippen molar-refractivity contribution in [2.45, 2.75) is 10.5 Å². The lowest BCUT2D eigenvalue weighted by molar-refractivity contribution is 0.103. The summed E-state index contributed by atoms with van der Waals surface area (Å²) in [5.74, 6) is -0.195. The van der Waals surface area contributed by atoms with Crippen LogP contribution in [0, 0.1) is 0 Å². The molecular weight excluding hydrogens is 262 g/mol. The standard InChI is InChI=1S/C13H9Cl2FO/c14-11-8-10(6-7-13(11,15)16)12(17)9-4-2-1-3-5-9/h1-8,11H. The normalized spacial score (nSPS) is 27.7. The molecule has 0 amide bonds. The first-order valence-electron chi connectivity index (χ1n) is 5.03. The number of Topliss-reactive ketones (excluding diaryl/α,β-unsaturated/α-hetero) is 1. The van der Waals surface area contributed by atoms with Gasteiger partial charge in [0.15, 0.2) is 5.78 Å². The highest BCUT2D eigenvalue weighted by molar-refractivity contribution is 6.34. The van der Waals surface area contributed by atoms with Gasteiger partial charge in [0.2, 0.25) is 5.13 Å². The van der Waals surface area contributed by atoms with Crippen LogP contribution in [0.1, 0.15) is 10.4 Å². The van der Waals surface area contributed by atoms with Crippen molar-refractivity contribution < 1.29 is 9.18 Å². The Morgan fingerprint density at radius 2 is 1.94 bits per heavy atom. The molecule has 1 aliphatic rings. The Hall–Kier alpha value is -1.12. The highest BCUT2D eigenvalue weighted by atomic mass is 35.5. The van der Waals surface area contributed by atoms with Crippen LogP contribution in [0.5, 0.6) is 0 Å². The molecule has 4 heteroatoms. The van der Waals surface area contributed by atoms with E-state index >= 15 is 0 Å². The van der Waals surface area contributed by atoms with Crippen LogP contribution < -0.4 is 0 Å². The van der Waals surface area contributed by atoms with Crippen LogP contribution in [0.4, 0.5) is 4.39 Å². The zero-order chi connectivity index (χ0) is 12.5. The van der Waals surface area contributed by atoms with E-state index in [0.717, 1.165) is 6.08 Å². The van der Waals surface area contributed by atoms with Gasteiger partial charge in [-0.05, 0) is 6.08 Å². The predicted molar refractivity (Wildman–Crippen MR) is 67.3 cm³/mol. The number of carbonyl (C=O) groups excluding carboxylic acids is 1. The molecule has 2 atom stereocenters. The van der Waals surface area contributed by atoms with Gasteiger partial charge in [-0.15, -0.1) is 11.6 Å². The lowest BCUT2D eigenvalue weighted by Gasteiger charge is -2.21. The minimum Gasteiger partial charge on any atom is -0.289 e. The molecule has 1 nitrogen and oxygen atoms in total. The number of rotatable bonds is 2. The van der Waals surface area contributed by atoms with Crippen LogP contribution in [0.15, 0.2) is 54.1 Å². The van der Waals surface area contributed by atoms with Gasteiger partial charge in [-0.2, -0.15) is 0 Å². The maximum absolute atomic E-state index is 13.5. The van der Waals surface area contributed by atoms with E-state index in [1.807, 2.05) is 6.07 Å². The minimum absolute atomic E-state index is 0.195. The second-order valence-corrected chi connectivity index (χ2v) is 4.78. The summed E-state index contributed by atoms with van der Waals surface area (Å²) < 4.78 is 13.5. The Kier molecular flexibility index (Phi) is 3.36. The molecule has 0 heterocycles. The van der Waals surface area contributed by atoms with Crippen LogP contribution in [-0.4, -0.2) is 16.3 Å². The summed E-state index contributed by atoms with van der Waals surface area (Å²) in [4.78, 5) is 12.0. The molecule has 0 fully saturated rings. The molecule has 1 aromatic carbocycles. The molecule has 0 aliphatic heterocycles. The van der Waals surface area contributed by atoms with Gasteiger partial charge in [0, 0.05) is 11.1 Å². The van der Waals surface area contributed by atoms with Gasteiger partial charge in [0.25, 0.3) is 0 Å². The second kappa shape index (κ2) is 4.63. The van der Waals surface area contributed by atoms with Gasteiger partial charge in [0.1, 0.15) is 5.38 Å². The summed E-state index contributed by atoms with van der Waals surface area (Å²) in [6, 6.07) is 8.73. The van der Waals surface area contributed by atoms with Gasteiger partial charge in [0.05, 0.1) is 0 Å². The van der Waals surface area contributed by atoms with Crippen molar-refractivity contribution in [3.05, 3.63) is 59.7 Å². The second-order valence-electron chi connectivity index (χ2n) is 3.73. The molecule has 1 aliphatic carbocycles. The van der Waals surface area contributed by atoms with Gasteiger partial charge >= 0.3 is 0 Å². The number of hydrogen-bond acceptors (Lipinski definition) is 1. The fourth-order valence-electron chi connectivity index (χ4n) is 1.52. The quantitative estimate of drug-likeness (QED) is 0.589. The van der Waals surface area contributed by atoms with E-state index in [4.69, 9.17) is 23.2 Å². The lowest BCUT2D eigenvalue weighted by atomic mass is 9.97. The van der Waals surface area contributed by atoms with E-state index in [0.29, 0.717) is 11.1 Å². The highest BCUT2D eigenvalue weighted by Gasteiger charge is 2.35. The smallest absolute Gasteiger partial charge is 0.221 e. The summed E-state index contributed by atoms with van der Waals surface area (Å²) in [5.41, 5.74) is 0.887. The molecule has 0 N–H and O–H groups in total.